The molecule has 2 N–H and O–H groups in total. The Morgan fingerprint density at radius 2 is 1.85 bits per heavy atom. The maximum Gasteiger partial charge on any atom is 0.136 e. The van der Waals surface area contributed by atoms with Crippen molar-refractivity contribution in [3.8, 4) is 0 Å². The fraction of sp³-hybridized carbons (Fsp3) is 0.412. The topological polar surface area (TPSA) is 51.8 Å². The van der Waals surface area contributed by atoms with E-state index in [-0.39, 0.29) is 0 Å². The molecule has 1 heterocycles. The first-order chi connectivity index (χ1) is 9.70. The monoisotopic (exact) mass is 267 g/mol. The largest absolute Gasteiger partial charge is 0.330 e. The van der Waals surface area contributed by atoms with Gasteiger partial charge in [-0.25, -0.2) is 9.97 Å². The summed E-state index contributed by atoms with van der Waals surface area (Å²) in [6.45, 7) is 4.80. The van der Waals surface area contributed by atoms with Crippen molar-refractivity contribution in [1.82, 2.24) is 9.97 Å². The minimum atomic E-state index is 0.357. The van der Waals surface area contributed by atoms with Crippen molar-refractivity contribution in [3.63, 3.8) is 0 Å². The lowest BCUT2D eigenvalue weighted by molar-refractivity contribution is 0.710. The minimum Gasteiger partial charge on any atom is -0.330 e. The molecule has 0 aliphatic heterocycles. The van der Waals surface area contributed by atoms with Crippen LogP contribution in [-0.2, 0) is 12.8 Å². The van der Waals surface area contributed by atoms with Gasteiger partial charge >= 0.3 is 0 Å². The van der Waals surface area contributed by atoms with Crippen molar-refractivity contribution < 1.29 is 0 Å². The zero-order valence-corrected chi connectivity index (χ0v) is 12.2. The summed E-state index contributed by atoms with van der Waals surface area (Å²) >= 11 is 0. The zero-order valence-electron chi connectivity index (χ0n) is 12.2. The van der Waals surface area contributed by atoms with E-state index in [4.69, 9.17) is 15.7 Å². The van der Waals surface area contributed by atoms with E-state index >= 15 is 0 Å². The van der Waals surface area contributed by atoms with Crippen LogP contribution in [-0.4, -0.2) is 16.5 Å². The highest BCUT2D eigenvalue weighted by Crippen LogP contribution is 2.36. The molecule has 3 heteroatoms. The van der Waals surface area contributed by atoms with Gasteiger partial charge in [0.25, 0.3) is 0 Å². The van der Waals surface area contributed by atoms with Crippen LogP contribution in [0.2, 0.25) is 0 Å². The second kappa shape index (κ2) is 5.33. The number of aromatic nitrogens is 2. The molecule has 0 radical (unpaired) electrons. The molecule has 1 unspecified atom stereocenters. The van der Waals surface area contributed by atoms with Crippen LogP contribution < -0.4 is 5.73 Å². The van der Waals surface area contributed by atoms with Gasteiger partial charge in [0.15, 0.2) is 0 Å². The Morgan fingerprint density at radius 3 is 2.55 bits per heavy atom. The second-order valence-electron chi connectivity index (χ2n) is 5.56. The Morgan fingerprint density at radius 1 is 1.15 bits per heavy atom. The Balaban J connectivity index is 2.00. The quantitative estimate of drug-likeness (QED) is 0.930. The normalized spacial score (nSPS) is 17.2. The maximum absolute atomic E-state index is 5.67. The highest BCUT2D eigenvalue weighted by Gasteiger charge is 2.26. The van der Waals surface area contributed by atoms with Crippen LogP contribution in [0.15, 0.2) is 24.3 Å². The number of hydrogen-bond donors (Lipinski definition) is 1. The summed E-state index contributed by atoms with van der Waals surface area (Å²) < 4.78 is 0. The number of hydrogen-bond acceptors (Lipinski definition) is 3. The lowest BCUT2D eigenvalue weighted by Gasteiger charge is -2.15. The molecule has 1 aliphatic rings. The predicted octanol–water partition coefficient (Wildman–Crippen LogP) is 2.67. The highest BCUT2D eigenvalue weighted by atomic mass is 14.9. The lowest BCUT2D eigenvalue weighted by Crippen LogP contribution is -2.12. The van der Waals surface area contributed by atoms with Gasteiger partial charge < -0.3 is 5.73 Å². The molecule has 0 saturated carbocycles. The van der Waals surface area contributed by atoms with Crippen molar-refractivity contribution in [2.45, 2.75) is 39.0 Å². The van der Waals surface area contributed by atoms with Crippen molar-refractivity contribution in [2.24, 2.45) is 5.73 Å². The fourth-order valence-corrected chi connectivity index (χ4v) is 3.25. The highest BCUT2D eigenvalue weighted by molar-refractivity contribution is 5.39. The summed E-state index contributed by atoms with van der Waals surface area (Å²) in [4.78, 5) is 9.53. The Labute approximate surface area is 120 Å². The molecule has 0 amide bonds. The van der Waals surface area contributed by atoms with Gasteiger partial charge in [0.1, 0.15) is 5.82 Å². The van der Waals surface area contributed by atoms with Crippen LogP contribution in [0.3, 0.4) is 0 Å². The van der Waals surface area contributed by atoms with Crippen LogP contribution in [0.1, 0.15) is 46.2 Å². The smallest absolute Gasteiger partial charge is 0.136 e. The van der Waals surface area contributed by atoms with Crippen molar-refractivity contribution in [3.05, 3.63) is 58.2 Å². The van der Waals surface area contributed by atoms with Gasteiger partial charge in [-0.1, -0.05) is 24.3 Å². The Kier molecular flexibility index (Phi) is 3.53. The van der Waals surface area contributed by atoms with E-state index in [1.807, 2.05) is 0 Å². The molecule has 20 heavy (non-hydrogen) atoms. The summed E-state index contributed by atoms with van der Waals surface area (Å²) in [6, 6.07) is 8.66. The fourth-order valence-electron chi connectivity index (χ4n) is 3.25. The zero-order chi connectivity index (χ0) is 14.1. The first kappa shape index (κ1) is 13.3. The van der Waals surface area contributed by atoms with E-state index in [0.717, 1.165) is 36.5 Å². The molecular formula is C17H21N3. The number of nitrogens with two attached hydrogens (primary N) is 1. The molecule has 104 valence electrons. The van der Waals surface area contributed by atoms with Crippen LogP contribution in [0.4, 0.5) is 0 Å². The summed E-state index contributed by atoms with van der Waals surface area (Å²) in [5.41, 5.74) is 11.9. The number of fused-ring (bicyclic) bond motifs is 1. The van der Waals surface area contributed by atoms with E-state index < -0.39 is 0 Å². The molecule has 0 saturated heterocycles. The third-order valence-corrected chi connectivity index (χ3v) is 4.28. The second-order valence-corrected chi connectivity index (χ2v) is 5.56. The Bertz CT molecular complexity index is 611. The van der Waals surface area contributed by atoms with Gasteiger partial charge in [0.2, 0.25) is 0 Å². The number of aryl methyl sites for hydroxylation is 3. The molecule has 2 aromatic rings. The van der Waals surface area contributed by atoms with E-state index in [9.17, 15) is 0 Å². The van der Waals surface area contributed by atoms with Crippen LogP contribution in [0, 0.1) is 13.8 Å². The van der Waals surface area contributed by atoms with E-state index in [1.54, 1.807) is 0 Å². The lowest BCUT2D eigenvalue weighted by atomic mass is 9.99. The third-order valence-electron chi connectivity index (χ3n) is 4.28. The van der Waals surface area contributed by atoms with Gasteiger partial charge in [0.05, 0.1) is 0 Å². The van der Waals surface area contributed by atoms with E-state index in [1.165, 1.54) is 16.7 Å². The summed E-state index contributed by atoms with van der Waals surface area (Å²) in [6.07, 6.45) is 3.11. The van der Waals surface area contributed by atoms with Gasteiger partial charge in [-0.05, 0) is 56.3 Å². The van der Waals surface area contributed by atoms with Crippen molar-refractivity contribution in [2.75, 3.05) is 6.54 Å². The summed E-state index contributed by atoms with van der Waals surface area (Å²) in [5, 5.41) is 0. The van der Waals surface area contributed by atoms with Crippen LogP contribution in [0.25, 0.3) is 0 Å². The summed E-state index contributed by atoms with van der Waals surface area (Å²) in [5.74, 6) is 1.33. The molecule has 0 spiro atoms. The standard InChI is InChI=1S/C17H21N3/c1-11-14(9-10-18)12(2)20-17(19-11)16-8-7-13-5-3-4-6-15(13)16/h3-6,16H,7-10,18H2,1-2H3. The van der Waals surface area contributed by atoms with Gasteiger partial charge in [0, 0.05) is 17.3 Å². The molecule has 1 aromatic heterocycles. The Hall–Kier alpha value is -1.74. The van der Waals surface area contributed by atoms with Gasteiger partial charge in [-0.15, -0.1) is 0 Å². The van der Waals surface area contributed by atoms with Crippen LogP contribution in [0.5, 0.6) is 0 Å². The van der Waals surface area contributed by atoms with Gasteiger partial charge in [-0.2, -0.15) is 0 Å². The first-order valence-electron chi connectivity index (χ1n) is 7.32. The molecular weight excluding hydrogens is 246 g/mol. The van der Waals surface area contributed by atoms with Crippen molar-refractivity contribution in [1.29, 1.82) is 0 Å². The molecule has 0 fully saturated rings. The number of rotatable bonds is 3. The molecule has 3 rings (SSSR count). The molecule has 1 aliphatic carbocycles. The maximum atomic E-state index is 5.67. The minimum absolute atomic E-state index is 0.357. The predicted molar refractivity (Wildman–Crippen MR) is 80.9 cm³/mol. The van der Waals surface area contributed by atoms with Crippen molar-refractivity contribution >= 4 is 0 Å². The average molecular weight is 267 g/mol. The first-order valence-corrected chi connectivity index (χ1v) is 7.32. The van der Waals surface area contributed by atoms with E-state index in [0.29, 0.717) is 12.5 Å². The third kappa shape index (κ3) is 2.22. The summed E-state index contributed by atoms with van der Waals surface area (Å²) in [7, 11) is 0. The molecule has 1 atom stereocenters. The SMILES string of the molecule is Cc1nc(C2CCc3ccccc32)nc(C)c1CCN. The number of benzene rings is 1. The average Bonchev–Trinajstić information content (AvgIpc) is 2.86. The number of nitrogens with zero attached hydrogens (tertiary/aromatic N) is 2. The molecule has 0 bridgehead atoms. The van der Waals surface area contributed by atoms with Gasteiger partial charge in [-0.3, -0.25) is 0 Å². The molecule has 3 nitrogen and oxygen atoms in total. The van der Waals surface area contributed by atoms with E-state index in [2.05, 4.69) is 38.1 Å². The van der Waals surface area contributed by atoms with Crippen LogP contribution >= 0.6 is 0 Å². The molecule has 1 aromatic carbocycles.